The molecule has 6 heteroatoms. The number of hydrogen-bond donors (Lipinski definition) is 0. The Kier molecular flexibility index (Phi) is 3.32. The summed E-state index contributed by atoms with van der Waals surface area (Å²) in [5.41, 5.74) is 2.79. The average Bonchev–Trinajstić information content (AvgIpc) is 3.06. The summed E-state index contributed by atoms with van der Waals surface area (Å²) in [5.74, 6) is -0.0567. The van der Waals surface area contributed by atoms with Crippen molar-refractivity contribution in [3.8, 4) is 17.0 Å². The Morgan fingerprint density at radius 1 is 1.26 bits per heavy atom. The molecular weight excluding hydrogens is 332 g/mol. The maximum Gasteiger partial charge on any atom is 0.308 e. The van der Waals surface area contributed by atoms with Crippen molar-refractivity contribution in [1.82, 2.24) is 9.38 Å². The summed E-state index contributed by atoms with van der Waals surface area (Å²) in [4.78, 5) is 16.7. The van der Waals surface area contributed by atoms with Crippen molar-refractivity contribution in [2.75, 3.05) is 0 Å². The number of hydrogen-bond acceptors (Lipinski definition) is 4. The minimum absolute atomic E-state index is 0.345. The molecule has 4 aromatic rings. The summed E-state index contributed by atoms with van der Waals surface area (Å²) >= 11 is 7.70. The van der Waals surface area contributed by atoms with E-state index >= 15 is 0 Å². The zero-order valence-corrected chi connectivity index (χ0v) is 13.7. The molecule has 2 aromatic heterocycles. The van der Waals surface area contributed by atoms with Crippen LogP contribution in [0.25, 0.3) is 26.4 Å². The van der Waals surface area contributed by atoms with Gasteiger partial charge in [-0.05, 0) is 24.3 Å². The van der Waals surface area contributed by atoms with Crippen LogP contribution in [0, 0.1) is 0 Å². The van der Waals surface area contributed by atoms with E-state index in [4.69, 9.17) is 16.3 Å². The van der Waals surface area contributed by atoms with Crippen molar-refractivity contribution in [3.05, 3.63) is 53.7 Å². The van der Waals surface area contributed by atoms with E-state index in [2.05, 4.69) is 21.5 Å². The molecule has 2 aromatic carbocycles. The molecular formula is C17H11ClN2O2S. The van der Waals surface area contributed by atoms with Gasteiger partial charge in [-0.2, -0.15) is 0 Å². The van der Waals surface area contributed by atoms with E-state index in [-0.39, 0.29) is 0 Å². The van der Waals surface area contributed by atoms with Gasteiger partial charge in [0.15, 0.2) is 4.96 Å². The summed E-state index contributed by atoms with van der Waals surface area (Å²) in [6.07, 6.45) is 1.98. The van der Waals surface area contributed by atoms with Gasteiger partial charge in [-0.1, -0.05) is 41.1 Å². The SMILES string of the molecule is CC(=O)Oc1cc(-c2cn3c(n2)sc2ccccc23)ccc1Cl. The van der Waals surface area contributed by atoms with Crippen LogP contribution >= 0.6 is 22.9 Å². The highest BCUT2D eigenvalue weighted by molar-refractivity contribution is 7.23. The largest absolute Gasteiger partial charge is 0.425 e. The molecule has 0 aliphatic rings. The van der Waals surface area contributed by atoms with Gasteiger partial charge in [0.25, 0.3) is 0 Å². The fourth-order valence-corrected chi connectivity index (χ4v) is 3.65. The topological polar surface area (TPSA) is 43.6 Å². The number of fused-ring (bicyclic) bond motifs is 3. The van der Waals surface area contributed by atoms with Crippen molar-refractivity contribution in [2.24, 2.45) is 0 Å². The third-order valence-corrected chi connectivity index (χ3v) is 4.83. The van der Waals surface area contributed by atoms with Gasteiger partial charge in [-0.3, -0.25) is 9.20 Å². The standard InChI is InChI=1S/C17H11ClN2O2S/c1-10(21)22-15-8-11(6-7-12(15)18)13-9-20-14-4-2-3-5-16(14)23-17(20)19-13/h2-9H,1H3. The number of carbonyl (C=O) groups excluding carboxylic acids is 1. The van der Waals surface area contributed by atoms with Crippen molar-refractivity contribution in [3.63, 3.8) is 0 Å². The molecule has 0 radical (unpaired) electrons. The first-order valence-corrected chi connectivity index (χ1v) is 8.16. The lowest BCUT2D eigenvalue weighted by molar-refractivity contribution is -0.131. The number of benzene rings is 2. The predicted molar refractivity (Wildman–Crippen MR) is 92.3 cm³/mol. The monoisotopic (exact) mass is 342 g/mol. The van der Waals surface area contributed by atoms with E-state index in [1.165, 1.54) is 11.6 Å². The molecule has 0 fully saturated rings. The number of rotatable bonds is 2. The molecule has 23 heavy (non-hydrogen) atoms. The number of thiazole rings is 1. The summed E-state index contributed by atoms with van der Waals surface area (Å²) in [6, 6.07) is 13.5. The molecule has 0 atom stereocenters. The lowest BCUT2D eigenvalue weighted by Gasteiger charge is -2.05. The first-order valence-electron chi connectivity index (χ1n) is 6.97. The van der Waals surface area contributed by atoms with E-state index in [9.17, 15) is 4.79 Å². The fourth-order valence-electron chi connectivity index (χ4n) is 2.48. The zero-order valence-electron chi connectivity index (χ0n) is 12.1. The van der Waals surface area contributed by atoms with E-state index in [0.29, 0.717) is 10.8 Å². The Labute approximate surface area is 140 Å². The van der Waals surface area contributed by atoms with Crippen LogP contribution < -0.4 is 4.74 Å². The number of carbonyl (C=O) groups is 1. The number of aromatic nitrogens is 2. The third kappa shape index (κ3) is 2.48. The number of ether oxygens (including phenoxy) is 1. The molecule has 4 rings (SSSR count). The van der Waals surface area contributed by atoms with E-state index < -0.39 is 5.97 Å². The summed E-state index contributed by atoms with van der Waals surface area (Å²) < 4.78 is 8.39. The summed E-state index contributed by atoms with van der Waals surface area (Å²) in [5, 5.41) is 0.399. The second kappa shape index (κ2) is 5.37. The first-order chi connectivity index (χ1) is 11.1. The fraction of sp³-hybridized carbons (Fsp3) is 0.0588. The Balaban J connectivity index is 1.84. The quantitative estimate of drug-likeness (QED) is 0.388. The predicted octanol–water partition coefficient (Wildman–Crippen LogP) is 4.79. The van der Waals surface area contributed by atoms with E-state index in [0.717, 1.165) is 21.7 Å². The number of nitrogens with zero attached hydrogens (tertiary/aromatic N) is 2. The smallest absolute Gasteiger partial charge is 0.308 e. The summed E-state index contributed by atoms with van der Waals surface area (Å²) in [7, 11) is 0. The minimum Gasteiger partial charge on any atom is -0.425 e. The molecule has 0 amide bonds. The molecule has 0 aliphatic carbocycles. The number of halogens is 1. The molecule has 4 nitrogen and oxygen atoms in total. The third-order valence-electron chi connectivity index (χ3n) is 3.48. The highest BCUT2D eigenvalue weighted by Gasteiger charge is 2.12. The van der Waals surface area contributed by atoms with Gasteiger partial charge in [0.1, 0.15) is 5.75 Å². The van der Waals surface area contributed by atoms with Crippen LogP contribution in [0.4, 0.5) is 0 Å². The van der Waals surface area contributed by atoms with Gasteiger partial charge in [0, 0.05) is 18.7 Å². The highest BCUT2D eigenvalue weighted by Crippen LogP contribution is 2.33. The molecule has 0 N–H and O–H groups in total. The molecule has 0 spiro atoms. The van der Waals surface area contributed by atoms with Crippen molar-refractivity contribution >= 4 is 44.1 Å². The second-order valence-electron chi connectivity index (χ2n) is 5.09. The molecule has 0 aliphatic heterocycles. The van der Waals surface area contributed by atoms with E-state index in [1.807, 2.05) is 24.4 Å². The Hall–Kier alpha value is -2.37. The minimum atomic E-state index is -0.402. The normalized spacial score (nSPS) is 11.2. The number of imidazole rings is 1. The molecule has 0 saturated heterocycles. The van der Waals surface area contributed by atoms with E-state index in [1.54, 1.807) is 23.5 Å². The van der Waals surface area contributed by atoms with Gasteiger partial charge in [0.2, 0.25) is 0 Å². The number of para-hydroxylation sites is 1. The number of esters is 1. The van der Waals surface area contributed by atoms with Crippen LogP contribution in [0.1, 0.15) is 6.92 Å². The second-order valence-corrected chi connectivity index (χ2v) is 6.50. The highest BCUT2D eigenvalue weighted by atomic mass is 35.5. The molecule has 0 unspecified atom stereocenters. The van der Waals surface area contributed by atoms with Crippen molar-refractivity contribution in [1.29, 1.82) is 0 Å². The van der Waals surface area contributed by atoms with Gasteiger partial charge in [-0.25, -0.2) is 4.98 Å². The van der Waals surface area contributed by atoms with Crippen molar-refractivity contribution in [2.45, 2.75) is 6.92 Å². The molecule has 2 heterocycles. The zero-order chi connectivity index (χ0) is 16.0. The van der Waals surface area contributed by atoms with Crippen LogP contribution in [0.5, 0.6) is 5.75 Å². The van der Waals surface area contributed by atoms with Crippen molar-refractivity contribution < 1.29 is 9.53 Å². The van der Waals surface area contributed by atoms with Gasteiger partial charge < -0.3 is 4.74 Å². The van der Waals surface area contributed by atoms with Crippen LogP contribution in [0.2, 0.25) is 5.02 Å². The maximum atomic E-state index is 11.2. The Morgan fingerprint density at radius 3 is 2.91 bits per heavy atom. The van der Waals surface area contributed by atoms with Gasteiger partial charge >= 0.3 is 5.97 Å². The first kappa shape index (κ1) is 14.2. The Bertz CT molecular complexity index is 1050. The summed E-state index contributed by atoms with van der Waals surface area (Å²) in [6.45, 7) is 1.35. The van der Waals surface area contributed by atoms with Gasteiger partial charge in [0.05, 0.1) is 20.9 Å². The van der Waals surface area contributed by atoms with Gasteiger partial charge in [-0.15, -0.1) is 0 Å². The lowest BCUT2D eigenvalue weighted by atomic mass is 10.1. The maximum absolute atomic E-state index is 11.2. The molecule has 0 bridgehead atoms. The van der Waals surface area contributed by atoms with Crippen LogP contribution in [-0.4, -0.2) is 15.4 Å². The van der Waals surface area contributed by atoms with Crippen LogP contribution in [-0.2, 0) is 4.79 Å². The molecule has 114 valence electrons. The molecule has 0 saturated carbocycles. The lowest BCUT2D eigenvalue weighted by Crippen LogP contribution is -2.01. The van der Waals surface area contributed by atoms with Crippen LogP contribution in [0.3, 0.4) is 0 Å². The average molecular weight is 343 g/mol. The Morgan fingerprint density at radius 2 is 2.09 bits per heavy atom. The van der Waals surface area contributed by atoms with Crippen LogP contribution in [0.15, 0.2) is 48.7 Å².